The van der Waals surface area contributed by atoms with Gasteiger partial charge in [0.2, 0.25) is 0 Å². The van der Waals surface area contributed by atoms with E-state index in [0.29, 0.717) is 15.8 Å². The lowest BCUT2D eigenvalue weighted by Crippen LogP contribution is -2.23. The monoisotopic (exact) mass is 475 g/mol. The second-order valence-corrected chi connectivity index (χ2v) is 11.5. The van der Waals surface area contributed by atoms with Crippen molar-refractivity contribution in [2.45, 2.75) is 17.7 Å². The highest BCUT2D eigenvalue weighted by atomic mass is 35.5. The Morgan fingerprint density at radius 2 is 1.72 bits per heavy atom. The molecule has 0 aliphatic rings. The Labute approximate surface area is 174 Å². The van der Waals surface area contributed by atoms with E-state index in [1.165, 1.54) is 12.1 Å². The van der Waals surface area contributed by atoms with Crippen LogP contribution in [0.5, 0.6) is 0 Å². The van der Waals surface area contributed by atoms with Crippen LogP contribution < -0.4 is 0 Å². The van der Waals surface area contributed by atoms with Crippen LogP contribution in [0.4, 0.5) is 0 Å². The number of rotatable bonds is 7. The molecule has 4 N–H and O–H groups in total. The summed E-state index contributed by atoms with van der Waals surface area (Å²) in [6.07, 6.45) is -0.554. The summed E-state index contributed by atoms with van der Waals surface area (Å²) >= 11 is 7.34. The molecule has 8 nitrogen and oxygen atoms in total. The molecule has 29 heavy (non-hydrogen) atoms. The number of carbonyl (C=O) groups excluding carboxylic acids is 1. The van der Waals surface area contributed by atoms with Gasteiger partial charge < -0.3 is 19.6 Å². The number of benzene rings is 1. The molecule has 0 aliphatic heterocycles. The summed E-state index contributed by atoms with van der Waals surface area (Å²) < 4.78 is 24.1. The highest BCUT2D eigenvalue weighted by molar-refractivity contribution is 7.71. The predicted octanol–water partition coefficient (Wildman–Crippen LogP) is 3.99. The van der Waals surface area contributed by atoms with Crippen molar-refractivity contribution >= 4 is 54.8 Å². The SMILES string of the molecule is O=C(CC(c1cc2ccccc2nc1Cl)C(P(=O)(O)O)P(=O)(O)O)c1cccs1. The number of hydrogen-bond donors (Lipinski definition) is 4. The predicted molar refractivity (Wildman–Crippen MR) is 111 cm³/mol. The highest BCUT2D eigenvalue weighted by Crippen LogP contribution is 2.65. The summed E-state index contributed by atoms with van der Waals surface area (Å²) in [6.45, 7) is 0. The van der Waals surface area contributed by atoms with Gasteiger partial charge in [0.05, 0.1) is 10.4 Å². The van der Waals surface area contributed by atoms with Crippen molar-refractivity contribution in [3.8, 4) is 0 Å². The number of aromatic nitrogens is 1. The number of fused-ring (bicyclic) bond motifs is 1. The number of para-hydroxylation sites is 1. The standard InChI is InChI=1S/C17H16ClNO7P2S/c18-16-11(8-10-4-1-2-5-13(10)19-16)12(9-14(20)15-6-3-7-29-15)17(27(21,22)23)28(24,25)26/h1-8,12,17H,9H2,(H2,21,22,23)(H2,24,25,26). The first-order valence-electron chi connectivity index (χ1n) is 8.21. The van der Waals surface area contributed by atoms with Crippen molar-refractivity contribution in [2.75, 3.05) is 0 Å². The molecule has 1 atom stereocenters. The molecule has 0 saturated heterocycles. The molecule has 0 amide bonds. The Morgan fingerprint density at radius 3 is 2.31 bits per heavy atom. The molecule has 1 aromatic carbocycles. The number of halogens is 1. The Hall–Kier alpha value is -1.41. The number of carbonyl (C=O) groups is 1. The van der Waals surface area contributed by atoms with E-state index in [1.807, 2.05) is 0 Å². The van der Waals surface area contributed by atoms with Gasteiger partial charge in [0.15, 0.2) is 11.2 Å². The largest absolute Gasteiger partial charge is 0.341 e. The minimum atomic E-state index is -5.33. The first-order valence-corrected chi connectivity index (χ1v) is 12.8. The van der Waals surface area contributed by atoms with Gasteiger partial charge in [-0.2, -0.15) is 0 Å². The third-order valence-electron chi connectivity index (χ3n) is 4.35. The molecule has 0 fully saturated rings. The number of nitrogens with zero attached hydrogens (tertiary/aromatic N) is 1. The summed E-state index contributed by atoms with van der Waals surface area (Å²) in [5.74, 6) is -2.06. The van der Waals surface area contributed by atoms with Crippen molar-refractivity contribution < 1.29 is 33.5 Å². The highest BCUT2D eigenvalue weighted by Gasteiger charge is 2.50. The van der Waals surface area contributed by atoms with Gasteiger partial charge in [0.25, 0.3) is 0 Å². The van der Waals surface area contributed by atoms with Gasteiger partial charge in [-0.05, 0) is 29.1 Å². The fourth-order valence-corrected chi connectivity index (χ4v) is 7.15. The maximum Gasteiger partial charge on any atom is 0.341 e. The van der Waals surface area contributed by atoms with Gasteiger partial charge in [0.1, 0.15) is 5.15 Å². The smallest absolute Gasteiger partial charge is 0.324 e. The zero-order valence-electron chi connectivity index (χ0n) is 14.6. The maximum atomic E-state index is 12.7. The number of Topliss-reactive ketones (excluding diaryl/α,β-unsaturated/α-hetero) is 1. The Bertz CT molecular complexity index is 1120. The number of pyridine rings is 1. The molecule has 3 aromatic rings. The van der Waals surface area contributed by atoms with E-state index in [2.05, 4.69) is 4.98 Å². The Balaban J connectivity index is 2.19. The lowest BCUT2D eigenvalue weighted by molar-refractivity contribution is 0.0978. The molecule has 154 valence electrons. The average molecular weight is 476 g/mol. The van der Waals surface area contributed by atoms with E-state index in [1.54, 1.807) is 35.7 Å². The van der Waals surface area contributed by atoms with E-state index in [0.717, 1.165) is 11.3 Å². The molecule has 0 radical (unpaired) electrons. The van der Waals surface area contributed by atoms with Gasteiger partial charge in [-0.15, -0.1) is 11.3 Å². The average Bonchev–Trinajstić information content (AvgIpc) is 3.13. The number of hydrogen-bond acceptors (Lipinski definition) is 5. The van der Waals surface area contributed by atoms with Crippen LogP contribution >= 0.6 is 38.1 Å². The van der Waals surface area contributed by atoms with Crippen LogP contribution in [0.15, 0.2) is 47.8 Å². The summed E-state index contributed by atoms with van der Waals surface area (Å²) in [5, 5.41) is -0.412. The van der Waals surface area contributed by atoms with E-state index in [9.17, 15) is 33.5 Å². The molecular weight excluding hydrogens is 460 g/mol. The van der Waals surface area contributed by atoms with Crippen LogP contribution in [0.1, 0.15) is 27.6 Å². The van der Waals surface area contributed by atoms with Crippen LogP contribution in [0.2, 0.25) is 5.15 Å². The van der Waals surface area contributed by atoms with Crippen molar-refractivity contribution in [1.82, 2.24) is 4.98 Å². The van der Waals surface area contributed by atoms with Crippen molar-refractivity contribution in [1.29, 1.82) is 0 Å². The normalized spacial score (nSPS) is 13.7. The maximum absolute atomic E-state index is 12.7. The topological polar surface area (TPSA) is 145 Å². The summed E-state index contributed by atoms with van der Waals surface area (Å²) in [5.41, 5.74) is 0.486. The van der Waals surface area contributed by atoms with Crippen molar-refractivity contribution in [3.63, 3.8) is 0 Å². The molecule has 2 heterocycles. The van der Waals surface area contributed by atoms with E-state index in [4.69, 9.17) is 11.6 Å². The molecule has 1 unspecified atom stereocenters. The lowest BCUT2D eigenvalue weighted by Gasteiger charge is -2.28. The summed E-state index contributed by atoms with van der Waals surface area (Å²) in [7, 11) is -10.7. The molecule has 3 rings (SSSR count). The number of ketones is 1. The molecule has 2 aromatic heterocycles. The first-order chi connectivity index (χ1) is 13.5. The van der Waals surface area contributed by atoms with Crippen LogP contribution in [0.3, 0.4) is 0 Å². The zero-order chi connectivity index (χ0) is 21.4. The number of thiophene rings is 1. The third kappa shape index (κ3) is 5.02. The van der Waals surface area contributed by atoms with Gasteiger partial charge in [-0.25, -0.2) is 4.98 Å². The lowest BCUT2D eigenvalue weighted by atomic mass is 9.95. The molecular formula is C17H16ClNO7P2S. The van der Waals surface area contributed by atoms with Crippen LogP contribution in [-0.4, -0.2) is 35.7 Å². The summed E-state index contributed by atoms with van der Waals surface area (Å²) in [6, 6.07) is 11.4. The molecule has 0 spiro atoms. The fourth-order valence-electron chi connectivity index (χ4n) is 3.15. The van der Waals surface area contributed by atoms with Crippen LogP contribution in [0.25, 0.3) is 10.9 Å². The first kappa shape index (κ1) is 22.3. The van der Waals surface area contributed by atoms with E-state index >= 15 is 0 Å². The van der Waals surface area contributed by atoms with Gasteiger partial charge in [-0.1, -0.05) is 35.9 Å². The molecule has 0 bridgehead atoms. The fraction of sp³-hybridized carbons (Fsp3) is 0.176. The van der Waals surface area contributed by atoms with Crippen molar-refractivity contribution in [2.24, 2.45) is 0 Å². The second-order valence-electron chi connectivity index (χ2n) is 6.36. The van der Waals surface area contributed by atoms with Crippen LogP contribution in [0, 0.1) is 0 Å². The Kier molecular flexibility index (Phi) is 6.44. The quantitative estimate of drug-likeness (QED) is 0.228. The minimum absolute atomic E-state index is 0.00748. The van der Waals surface area contributed by atoms with Crippen molar-refractivity contribution in [3.05, 3.63) is 63.4 Å². The zero-order valence-corrected chi connectivity index (χ0v) is 18.0. The third-order valence-corrected chi connectivity index (χ3v) is 9.47. The van der Waals surface area contributed by atoms with E-state index in [-0.39, 0.29) is 10.7 Å². The Morgan fingerprint density at radius 1 is 1.07 bits per heavy atom. The van der Waals surface area contributed by atoms with E-state index < -0.39 is 38.7 Å². The molecule has 0 aliphatic carbocycles. The summed E-state index contributed by atoms with van der Waals surface area (Å²) in [4.78, 5) is 56.1. The second kappa shape index (κ2) is 8.38. The van der Waals surface area contributed by atoms with Gasteiger partial charge in [-0.3, -0.25) is 13.9 Å². The minimum Gasteiger partial charge on any atom is -0.324 e. The van der Waals surface area contributed by atoms with Crippen LogP contribution in [-0.2, 0) is 9.13 Å². The molecule has 0 saturated carbocycles. The van der Waals surface area contributed by atoms with Gasteiger partial charge in [0, 0.05) is 17.7 Å². The molecule has 12 heteroatoms. The van der Waals surface area contributed by atoms with Gasteiger partial charge >= 0.3 is 15.2 Å².